The lowest BCUT2D eigenvalue weighted by Gasteiger charge is -2.31. The summed E-state index contributed by atoms with van der Waals surface area (Å²) in [5.41, 5.74) is 8.42. The third kappa shape index (κ3) is 2.72. The Labute approximate surface area is 108 Å². The van der Waals surface area contributed by atoms with E-state index in [1.54, 1.807) is 0 Å². The predicted molar refractivity (Wildman–Crippen MR) is 71.2 cm³/mol. The molecular formula is C14H22N2O2. The first kappa shape index (κ1) is 13.5. The Bertz CT molecular complexity index is 399. The van der Waals surface area contributed by atoms with Crippen LogP contribution in [0.25, 0.3) is 0 Å². The molecule has 4 heteroatoms. The Kier molecular flexibility index (Phi) is 4.02. The topological polar surface area (TPSA) is 69.7 Å². The lowest BCUT2D eigenvalue weighted by atomic mass is 9.98. The number of aliphatic hydroxyl groups excluding tert-OH is 2. The first-order valence-corrected chi connectivity index (χ1v) is 6.41. The van der Waals surface area contributed by atoms with Crippen molar-refractivity contribution in [3.8, 4) is 0 Å². The van der Waals surface area contributed by atoms with E-state index in [2.05, 4.69) is 30.0 Å². The van der Waals surface area contributed by atoms with Gasteiger partial charge < -0.3 is 15.9 Å². The van der Waals surface area contributed by atoms with Crippen molar-refractivity contribution >= 4 is 0 Å². The highest BCUT2D eigenvalue weighted by Gasteiger charge is 2.35. The highest BCUT2D eigenvalue weighted by Crippen LogP contribution is 2.28. The maximum absolute atomic E-state index is 9.67. The Hall–Kier alpha value is -0.940. The molecule has 100 valence electrons. The molecule has 18 heavy (non-hydrogen) atoms. The number of β-amino-alcohol motifs (C(OH)–C–C–N with tert-alkyl or cyclic N) is 2. The summed E-state index contributed by atoms with van der Waals surface area (Å²) in [6.45, 7) is 4.96. The number of nitrogens with zero attached hydrogens (tertiary/aromatic N) is 1. The number of likely N-dealkylation sites (tertiary alicyclic amines) is 1. The van der Waals surface area contributed by atoms with Crippen molar-refractivity contribution in [1.29, 1.82) is 0 Å². The summed E-state index contributed by atoms with van der Waals surface area (Å²) >= 11 is 0. The average Bonchev–Trinajstić information content (AvgIpc) is 2.58. The summed E-state index contributed by atoms with van der Waals surface area (Å²) in [4.78, 5) is 2.06. The first-order valence-electron chi connectivity index (χ1n) is 6.41. The normalized spacial score (nSPS) is 28.3. The molecule has 1 heterocycles. The highest BCUT2D eigenvalue weighted by molar-refractivity contribution is 5.26. The smallest absolute Gasteiger partial charge is 0.0938 e. The quantitative estimate of drug-likeness (QED) is 0.727. The van der Waals surface area contributed by atoms with Crippen molar-refractivity contribution in [3.63, 3.8) is 0 Å². The molecular weight excluding hydrogens is 228 g/mol. The summed E-state index contributed by atoms with van der Waals surface area (Å²) < 4.78 is 0. The van der Waals surface area contributed by atoms with Crippen LogP contribution in [-0.2, 0) is 0 Å². The molecule has 0 amide bonds. The van der Waals surface area contributed by atoms with Crippen molar-refractivity contribution in [3.05, 3.63) is 35.4 Å². The lowest BCUT2D eigenvalue weighted by molar-refractivity contribution is 0.0572. The monoisotopic (exact) mass is 250 g/mol. The minimum Gasteiger partial charge on any atom is -0.389 e. The zero-order valence-corrected chi connectivity index (χ0v) is 11.0. The van der Waals surface area contributed by atoms with Crippen LogP contribution in [0.15, 0.2) is 24.3 Å². The molecule has 0 aromatic heterocycles. The molecule has 4 nitrogen and oxygen atoms in total. The predicted octanol–water partition coefficient (Wildman–Crippen LogP) is 0.421. The summed E-state index contributed by atoms with van der Waals surface area (Å²) in [5, 5.41) is 19.3. The molecule has 0 radical (unpaired) electrons. The van der Waals surface area contributed by atoms with Gasteiger partial charge in [0.25, 0.3) is 0 Å². The number of aliphatic hydroxyl groups is 2. The van der Waals surface area contributed by atoms with Crippen LogP contribution in [0.5, 0.6) is 0 Å². The fourth-order valence-corrected chi connectivity index (χ4v) is 2.73. The van der Waals surface area contributed by atoms with E-state index in [0.29, 0.717) is 13.1 Å². The van der Waals surface area contributed by atoms with E-state index in [9.17, 15) is 10.2 Å². The van der Waals surface area contributed by atoms with Gasteiger partial charge >= 0.3 is 0 Å². The van der Waals surface area contributed by atoms with Crippen LogP contribution in [0.4, 0.5) is 0 Å². The van der Waals surface area contributed by atoms with Gasteiger partial charge in [-0.15, -0.1) is 0 Å². The number of hydrogen-bond acceptors (Lipinski definition) is 4. The molecule has 0 aliphatic carbocycles. The van der Waals surface area contributed by atoms with Crippen molar-refractivity contribution in [2.75, 3.05) is 13.1 Å². The fourth-order valence-electron chi connectivity index (χ4n) is 2.73. The summed E-state index contributed by atoms with van der Waals surface area (Å²) in [6, 6.07) is 8.22. The zero-order chi connectivity index (χ0) is 13.3. The van der Waals surface area contributed by atoms with Gasteiger partial charge in [-0.1, -0.05) is 29.8 Å². The largest absolute Gasteiger partial charge is 0.389 e. The summed E-state index contributed by atoms with van der Waals surface area (Å²) in [6.07, 6.45) is -1.34. The van der Waals surface area contributed by atoms with Crippen molar-refractivity contribution in [2.24, 2.45) is 5.73 Å². The van der Waals surface area contributed by atoms with Crippen LogP contribution in [-0.4, -0.2) is 46.5 Å². The van der Waals surface area contributed by atoms with Gasteiger partial charge in [0.05, 0.1) is 12.2 Å². The second kappa shape index (κ2) is 5.36. The lowest BCUT2D eigenvalue weighted by Crippen LogP contribution is -2.39. The molecule has 4 unspecified atom stereocenters. The van der Waals surface area contributed by atoms with E-state index in [-0.39, 0.29) is 12.1 Å². The molecule has 0 saturated carbocycles. The van der Waals surface area contributed by atoms with Crippen molar-refractivity contribution in [1.82, 2.24) is 4.90 Å². The number of aryl methyl sites for hydroxylation is 1. The second-order valence-corrected chi connectivity index (χ2v) is 5.31. The van der Waals surface area contributed by atoms with Crippen LogP contribution in [0.3, 0.4) is 0 Å². The minimum absolute atomic E-state index is 0.0386. The highest BCUT2D eigenvalue weighted by atomic mass is 16.3. The molecule has 4 N–H and O–H groups in total. The van der Waals surface area contributed by atoms with Crippen LogP contribution in [0, 0.1) is 6.92 Å². The number of hydrogen-bond donors (Lipinski definition) is 3. The summed E-state index contributed by atoms with van der Waals surface area (Å²) in [7, 11) is 0. The van der Waals surface area contributed by atoms with Gasteiger partial charge in [-0.05, 0) is 19.4 Å². The SMILES string of the molecule is Cc1cccc(C(C(C)N)N2CC(O)C(O)C2)c1. The Morgan fingerprint density at radius 3 is 2.39 bits per heavy atom. The van der Waals surface area contributed by atoms with Crippen LogP contribution in [0.1, 0.15) is 24.1 Å². The van der Waals surface area contributed by atoms with E-state index in [1.165, 1.54) is 5.56 Å². The van der Waals surface area contributed by atoms with Gasteiger partial charge in [-0.2, -0.15) is 0 Å². The van der Waals surface area contributed by atoms with E-state index in [4.69, 9.17) is 5.73 Å². The third-order valence-corrected chi connectivity index (χ3v) is 3.56. The van der Waals surface area contributed by atoms with Gasteiger partial charge in [0.1, 0.15) is 0 Å². The molecule has 0 bridgehead atoms. The van der Waals surface area contributed by atoms with Gasteiger partial charge in [0, 0.05) is 25.2 Å². The maximum atomic E-state index is 9.67. The number of rotatable bonds is 3. The maximum Gasteiger partial charge on any atom is 0.0938 e. The van der Waals surface area contributed by atoms with Crippen molar-refractivity contribution < 1.29 is 10.2 Å². The molecule has 1 aromatic carbocycles. The number of benzene rings is 1. The van der Waals surface area contributed by atoms with Gasteiger partial charge in [-0.25, -0.2) is 0 Å². The van der Waals surface area contributed by atoms with E-state index in [0.717, 1.165) is 5.56 Å². The minimum atomic E-state index is -0.670. The van der Waals surface area contributed by atoms with Gasteiger partial charge in [0.15, 0.2) is 0 Å². The zero-order valence-electron chi connectivity index (χ0n) is 11.0. The van der Waals surface area contributed by atoms with Crippen LogP contribution >= 0.6 is 0 Å². The average molecular weight is 250 g/mol. The molecule has 1 saturated heterocycles. The Morgan fingerprint density at radius 1 is 1.28 bits per heavy atom. The molecule has 2 rings (SSSR count). The molecule has 1 aliphatic rings. The summed E-state index contributed by atoms with van der Waals surface area (Å²) in [5.74, 6) is 0. The fraction of sp³-hybridized carbons (Fsp3) is 0.571. The molecule has 4 atom stereocenters. The molecule has 1 aromatic rings. The van der Waals surface area contributed by atoms with E-state index >= 15 is 0 Å². The first-order chi connectivity index (χ1) is 8.49. The van der Waals surface area contributed by atoms with Crippen molar-refractivity contribution in [2.45, 2.75) is 38.1 Å². The van der Waals surface area contributed by atoms with Crippen LogP contribution in [0.2, 0.25) is 0 Å². The van der Waals surface area contributed by atoms with Gasteiger partial charge in [0.2, 0.25) is 0 Å². The molecule has 1 fully saturated rings. The molecule has 0 spiro atoms. The Balaban J connectivity index is 2.24. The third-order valence-electron chi connectivity index (χ3n) is 3.56. The number of nitrogens with two attached hydrogens (primary N) is 1. The second-order valence-electron chi connectivity index (χ2n) is 5.31. The van der Waals surface area contributed by atoms with E-state index < -0.39 is 12.2 Å². The van der Waals surface area contributed by atoms with E-state index in [1.807, 2.05) is 13.0 Å². The standard InChI is InChI=1S/C14H22N2O2/c1-9-4-3-5-11(6-9)14(10(2)15)16-7-12(17)13(18)8-16/h3-6,10,12-14,17-18H,7-8,15H2,1-2H3. The van der Waals surface area contributed by atoms with Crippen LogP contribution < -0.4 is 5.73 Å². The molecule has 1 aliphatic heterocycles. The van der Waals surface area contributed by atoms with Gasteiger partial charge in [-0.3, -0.25) is 4.90 Å². The Morgan fingerprint density at radius 2 is 1.89 bits per heavy atom.